The molecule has 0 aliphatic carbocycles. The fraction of sp³-hybridized carbons (Fsp3) is 0.500. The van der Waals surface area contributed by atoms with Gasteiger partial charge in [0.15, 0.2) is 0 Å². The van der Waals surface area contributed by atoms with Crippen molar-refractivity contribution in [2.75, 3.05) is 6.61 Å². The number of primary amides is 1. The van der Waals surface area contributed by atoms with Crippen LogP contribution in [0.15, 0.2) is 11.6 Å². The molecule has 0 rings (SSSR count). The maximum absolute atomic E-state index is 10.0. The molecule has 0 fully saturated rings. The smallest absolute Gasteiger partial charge is 0.336 e. The Bertz CT molecular complexity index is 139. The van der Waals surface area contributed by atoms with Crippen LogP contribution in [0, 0.1) is 0 Å². The third-order valence-electron chi connectivity index (χ3n) is 0.748. The molecule has 10 heavy (non-hydrogen) atoms. The van der Waals surface area contributed by atoms with Crippen molar-refractivity contribution >= 4 is 6.03 Å². The van der Waals surface area contributed by atoms with E-state index >= 15 is 0 Å². The monoisotopic (exact) mass is 144 g/mol. The first kappa shape index (κ1) is 8.97. The first-order chi connectivity index (χ1) is 4.63. The number of carbonyl (C=O) groups excluding carboxylic acids is 1. The van der Waals surface area contributed by atoms with Gasteiger partial charge in [0.05, 0.1) is 6.61 Å². The van der Waals surface area contributed by atoms with Crippen molar-refractivity contribution in [2.24, 2.45) is 5.73 Å². The van der Waals surface area contributed by atoms with Crippen molar-refractivity contribution in [1.82, 2.24) is 5.48 Å². The van der Waals surface area contributed by atoms with Crippen LogP contribution in [0.4, 0.5) is 4.79 Å². The van der Waals surface area contributed by atoms with E-state index in [0.29, 0.717) is 6.61 Å². The van der Waals surface area contributed by atoms with E-state index in [2.05, 4.69) is 4.84 Å². The Morgan fingerprint density at radius 2 is 2.30 bits per heavy atom. The molecule has 0 unspecified atom stereocenters. The molecule has 4 heteroatoms. The van der Waals surface area contributed by atoms with E-state index in [0.717, 1.165) is 5.57 Å². The zero-order chi connectivity index (χ0) is 7.98. The maximum Gasteiger partial charge on any atom is 0.336 e. The third-order valence-corrected chi connectivity index (χ3v) is 0.748. The summed E-state index contributed by atoms with van der Waals surface area (Å²) >= 11 is 0. The summed E-state index contributed by atoms with van der Waals surface area (Å²) in [5.41, 5.74) is 7.84. The second-order valence-corrected chi connectivity index (χ2v) is 2.06. The Morgan fingerprint density at radius 1 is 1.70 bits per heavy atom. The van der Waals surface area contributed by atoms with Crippen LogP contribution in [-0.2, 0) is 4.84 Å². The summed E-state index contributed by atoms with van der Waals surface area (Å²) in [6, 6.07) is -0.679. The van der Waals surface area contributed by atoms with Crippen molar-refractivity contribution in [3.05, 3.63) is 11.6 Å². The van der Waals surface area contributed by atoms with E-state index in [-0.39, 0.29) is 0 Å². The van der Waals surface area contributed by atoms with Crippen LogP contribution in [0.1, 0.15) is 13.8 Å². The molecule has 0 aromatic rings. The number of carbonyl (C=O) groups is 1. The van der Waals surface area contributed by atoms with Gasteiger partial charge in [-0.2, -0.15) is 0 Å². The van der Waals surface area contributed by atoms with Crippen molar-refractivity contribution in [3.63, 3.8) is 0 Å². The number of hydrogen-bond acceptors (Lipinski definition) is 2. The van der Waals surface area contributed by atoms with E-state index in [1.165, 1.54) is 0 Å². The minimum absolute atomic E-state index is 0.352. The number of hydroxylamine groups is 1. The lowest BCUT2D eigenvalue weighted by molar-refractivity contribution is 0.0850. The van der Waals surface area contributed by atoms with Crippen LogP contribution >= 0.6 is 0 Å². The van der Waals surface area contributed by atoms with Gasteiger partial charge in [0.25, 0.3) is 0 Å². The van der Waals surface area contributed by atoms with Gasteiger partial charge in [-0.3, -0.25) is 4.84 Å². The lowest BCUT2D eigenvalue weighted by atomic mass is 10.3. The Kier molecular flexibility index (Phi) is 4.32. The third kappa shape index (κ3) is 6.97. The predicted molar refractivity (Wildman–Crippen MR) is 38.1 cm³/mol. The number of nitrogens with two attached hydrogens (primary N) is 1. The van der Waals surface area contributed by atoms with E-state index in [4.69, 9.17) is 5.73 Å². The predicted octanol–water partition coefficient (Wildman–Crippen LogP) is 0.553. The molecule has 58 valence electrons. The number of urea groups is 1. The van der Waals surface area contributed by atoms with Crippen LogP contribution in [0.2, 0.25) is 0 Å². The first-order valence-corrected chi connectivity index (χ1v) is 2.93. The summed E-state index contributed by atoms with van der Waals surface area (Å²) in [7, 11) is 0. The van der Waals surface area contributed by atoms with Crippen molar-refractivity contribution in [2.45, 2.75) is 13.8 Å². The molecule has 0 aromatic carbocycles. The normalized spacial score (nSPS) is 8.60. The zero-order valence-electron chi connectivity index (χ0n) is 6.18. The average molecular weight is 144 g/mol. The molecule has 0 aromatic heterocycles. The van der Waals surface area contributed by atoms with Gasteiger partial charge in [-0.15, -0.1) is 0 Å². The molecule has 0 saturated carbocycles. The molecule has 0 heterocycles. The lowest BCUT2D eigenvalue weighted by Crippen LogP contribution is -2.29. The highest BCUT2D eigenvalue weighted by Gasteiger charge is 1.86. The summed E-state index contributed by atoms with van der Waals surface area (Å²) in [5.74, 6) is 0. The number of hydrogen-bond donors (Lipinski definition) is 2. The molecule has 0 aliphatic rings. The molecule has 2 amide bonds. The second kappa shape index (κ2) is 4.81. The fourth-order valence-corrected chi connectivity index (χ4v) is 0.321. The van der Waals surface area contributed by atoms with E-state index in [9.17, 15) is 4.79 Å². The molecule has 4 nitrogen and oxygen atoms in total. The molecule has 0 atom stereocenters. The van der Waals surface area contributed by atoms with Gasteiger partial charge in [-0.1, -0.05) is 11.6 Å². The molecule has 0 saturated heterocycles. The minimum atomic E-state index is -0.679. The van der Waals surface area contributed by atoms with E-state index < -0.39 is 6.03 Å². The molecule has 0 bridgehead atoms. The summed E-state index contributed by atoms with van der Waals surface area (Å²) in [6.07, 6.45) is 1.83. The number of nitrogens with one attached hydrogen (secondary N) is 1. The van der Waals surface area contributed by atoms with Crippen LogP contribution in [-0.4, -0.2) is 12.6 Å². The molecule has 3 N–H and O–H groups in total. The summed E-state index contributed by atoms with van der Waals surface area (Å²) in [5, 5.41) is 0. The SMILES string of the molecule is CC(C)=CCONC(N)=O. The highest BCUT2D eigenvalue weighted by molar-refractivity contribution is 5.70. The average Bonchev–Trinajstić information content (AvgIpc) is 1.79. The van der Waals surface area contributed by atoms with Crippen LogP contribution in [0.25, 0.3) is 0 Å². The van der Waals surface area contributed by atoms with Crippen LogP contribution in [0.5, 0.6) is 0 Å². The van der Waals surface area contributed by atoms with Crippen molar-refractivity contribution in [3.8, 4) is 0 Å². The van der Waals surface area contributed by atoms with Gasteiger partial charge in [-0.05, 0) is 13.8 Å². The van der Waals surface area contributed by atoms with Gasteiger partial charge >= 0.3 is 6.03 Å². The Morgan fingerprint density at radius 3 is 2.70 bits per heavy atom. The fourth-order valence-electron chi connectivity index (χ4n) is 0.321. The molecule has 0 radical (unpaired) electrons. The number of amides is 2. The summed E-state index contributed by atoms with van der Waals surface area (Å²) in [6.45, 7) is 4.23. The highest BCUT2D eigenvalue weighted by Crippen LogP contribution is 1.86. The standard InChI is InChI=1S/C6H12N2O2/c1-5(2)3-4-10-8-6(7)9/h3H,4H2,1-2H3,(H3,7,8,9). The molecule has 0 aliphatic heterocycles. The van der Waals surface area contributed by atoms with Crippen LogP contribution in [0.3, 0.4) is 0 Å². The Balaban J connectivity index is 3.21. The van der Waals surface area contributed by atoms with Gasteiger partial charge in [0.2, 0.25) is 0 Å². The first-order valence-electron chi connectivity index (χ1n) is 2.93. The summed E-state index contributed by atoms with van der Waals surface area (Å²) in [4.78, 5) is 14.6. The Hall–Kier alpha value is -1.03. The van der Waals surface area contributed by atoms with Gasteiger partial charge < -0.3 is 5.73 Å². The van der Waals surface area contributed by atoms with Crippen LogP contribution < -0.4 is 11.2 Å². The molecule has 0 spiro atoms. The van der Waals surface area contributed by atoms with E-state index in [1.54, 1.807) is 0 Å². The lowest BCUT2D eigenvalue weighted by Gasteiger charge is -1.98. The molecular formula is C6H12N2O2. The van der Waals surface area contributed by atoms with Crippen molar-refractivity contribution in [1.29, 1.82) is 0 Å². The summed E-state index contributed by atoms with van der Waals surface area (Å²) < 4.78 is 0. The Labute approximate surface area is 60.0 Å². The van der Waals surface area contributed by atoms with Gasteiger partial charge in [0.1, 0.15) is 0 Å². The quantitative estimate of drug-likeness (QED) is 0.345. The number of rotatable bonds is 3. The second-order valence-electron chi connectivity index (χ2n) is 2.06. The highest BCUT2D eigenvalue weighted by atomic mass is 16.7. The number of allylic oxidation sites excluding steroid dienone is 1. The van der Waals surface area contributed by atoms with Gasteiger partial charge in [-0.25, -0.2) is 10.3 Å². The largest absolute Gasteiger partial charge is 0.350 e. The van der Waals surface area contributed by atoms with Gasteiger partial charge in [0, 0.05) is 0 Å². The topological polar surface area (TPSA) is 64.3 Å². The maximum atomic E-state index is 10.0. The van der Waals surface area contributed by atoms with E-state index in [1.807, 2.05) is 25.4 Å². The zero-order valence-corrected chi connectivity index (χ0v) is 6.18. The minimum Gasteiger partial charge on any atom is -0.350 e. The molecular weight excluding hydrogens is 132 g/mol. The van der Waals surface area contributed by atoms with Crippen molar-refractivity contribution < 1.29 is 9.63 Å².